The van der Waals surface area contributed by atoms with E-state index in [0.717, 1.165) is 24.8 Å². The van der Waals surface area contributed by atoms with Crippen LogP contribution in [0.25, 0.3) is 0 Å². The highest BCUT2D eigenvalue weighted by Crippen LogP contribution is 2.40. The van der Waals surface area contributed by atoms with Gasteiger partial charge in [0.25, 0.3) is 0 Å². The Morgan fingerprint density at radius 2 is 2.00 bits per heavy atom. The molecule has 3 aliphatic rings. The minimum atomic E-state index is 0.372. The van der Waals surface area contributed by atoms with E-state index in [-0.39, 0.29) is 0 Å². The van der Waals surface area contributed by atoms with Crippen LogP contribution in [-0.4, -0.2) is 5.78 Å². The highest BCUT2D eigenvalue weighted by atomic mass is 16.1. The Kier molecular flexibility index (Phi) is 1.73. The molecule has 1 nitrogen and oxygen atoms in total. The number of ketones is 1. The lowest BCUT2D eigenvalue weighted by Gasteiger charge is -2.22. The van der Waals surface area contributed by atoms with Crippen molar-refractivity contribution in [1.29, 1.82) is 0 Å². The zero-order chi connectivity index (χ0) is 9.54. The van der Waals surface area contributed by atoms with Gasteiger partial charge in [0.15, 0.2) is 5.78 Å². The summed E-state index contributed by atoms with van der Waals surface area (Å²) in [5.41, 5.74) is 5.39. The molecule has 0 aromatic rings. The molecule has 0 saturated carbocycles. The van der Waals surface area contributed by atoms with Gasteiger partial charge in [0.1, 0.15) is 0 Å². The van der Waals surface area contributed by atoms with Crippen LogP contribution in [-0.2, 0) is 4.79 Å². The molecule has 0 saturated heterocycles. The maximum absolute atomic E-state index is 11.6. The first kappa shape index (κ1) is 8.22. The molecule has 0 spiro atoms. The molecule has 0 radical (unpaired) electrons. The molecule has 0 atom stereocenters. The summed E-state index contributed by atoms with van der Waals surface area (Å²) in [6.45, 7) is 0. The van der Waals surface area contributed by atoms with Gasteiger partial charge in [0.05, 0.1) is 0 Å². The van der Waals surface area contributed by atoms with Crippen LogP contribution in [0.4, 0.5) is 0 Å². The Labute approximate surface area is 84.2 Å². The van der Waals surface area contributed by atoms with Gasteiger partial charge in [-0.25, -0.2) is 0 Å². The average molecular weight is 186 g/mol. The van der Waals surface area contributed by atoms with Crippen LogP contribution in [0.5, 0.6) is 0 Å². The van der Waals surface area contributed by atoms with Crippen molar-refractivity contribution in [2.24, 2.45) is 0 Å². The van der Waals surface area contributed by atoms with E-state index < -0.39 is 0 Å². The lowest BCUT2D eigenvalue weighted by atomic mass is 9.83. The first-order chi connectivity index (χ1) is 6.84. The normalized spacial score (nSPS) is 25.6. The molecule has 0 unspecified atom stereocenters. The second-order valence-corrected chi connectivity index (χ2v) is 4.41. The molecule has 72 valence electrons. The maximum atomic E-state index is 11.6. The third kappa shape index (κ3) is 1.12. The molecule has 0 aromatic heterocycles. The Hall–Kier alpha value is -1.11. The van der Waals surface area contributed by atoms with Crippen molar-refractivity contribution < 1.29 is 4.79 Å². The fraction of sp³-hybridized carbons (Fsp3) is 0.462. The topological polar surface area (TPSA) is 17.1 Å². The fourth-order valence-corrected chi connectivity index (χ4v) is 2.71. The monoisotopic (exact) mass is 186 g/mol. The summed E-state index contributed by atoms with van der Waals surface area (Å²) >= 11 is 0. The summed E-state index contributed by atoms with van der Waals surface area (Å²) in [4.78, 5) is 11.6. The van der Waals surface area contributed by atoms with Crippen LogP contribution in [0.2, 0.25) is 0 Å². The van der Waals surface area contributed by atoms with E-state index in [4.69, 9.17) is 0 Å². The standard InChI is InChI=1S/C13H14O/c14-13-6-5-11-7-9-3-1-2-4-10(9)8-12(11)13/h3,8H,1-2,4-7H2. The number of Topliss-reactive ketones (excluding diaryl/α,β-unsaturated/α-hetero) is 1. The van der Waals surface area contributed by atoms with Crippen molar-refractivity contribution >= 4 is 5.78 Å². The molecule has 3 aliphatic carbocycles. The molecule has 3 rings (SSSR count). The van der Waals surface area contributed by atoms with Gasteiger partial charge in [-0.05, 0) is 49.3 Å². The lowest BCUT2D eigenvalue weighted by molar-refractivity contribution is -0.114. The maximum Gasteiger partial charge on any atom is 0.163 e. The lowest BCUT2D eigenvalue weighted by Crippen LogP contribution is -2.05. The third-order valence-electron chi connectivity index (χ3n) is 3.51. The van der Waals surface area contributed by atoms with E-state index in [1.54, 1.807) is 0 Å². The number of allylic oxidation sites excluding steroid dienone is 6. The van der Waals surface area contributed by atoms with Crippen LogP contribution in [0.1, 0.15) is 38.5 Å². The number of hydrogen-bond acceptors (Lipinski definition) is 1. The second kappa shape index (κ2) is 2.94. The molecule has 0 aromatic carbocycles. The zero-order valence-electron chi connectivity index (χ0n) is 8.31. The van der Waals surface area contributed by atoms with Crippen LogP contribution in [0, 0.1) is 0 Å². The first-order valence-corrected chi connectivity index (χ1v) is 5.50. The summed E-state index contributed by atoms with van der Waals surface area (Å²) in [6.07, 6.45) is 11.0. The molecule has 14 heavy (non-hydrogen) atoms. The van der Waals surface area contributed by atoms with E-state index in [0.29, 0.717) is 5.78 Å². The second-order valence-electron chi connectivity index (χ2n) is 4.41. The van der Waals surface area contributed by atoms with Gasteiger partial charge in [0.2, 0.25) is 0 Å². The van der Waals surface area contributed by atoms with E-state index >= 15 is 0 Å². The van der Waals surface area contributed by atoms with Gasteiger partial charge in [-0.3, -0.25) is 4.79 Å². The number of fused-ring (bicyclic) bond motifs is 1. The summed E-state index contributed by atoms with van der Waals surface area (Å²) in [7, 11) is 0. The zero-order valence-corrected chi connectivity index (χ0v) is 8.31. The summed E-state index contributed by atoms with van der Waals surface area (Å²) in [5.74, 6) is 0.372. The summed E-state index contributed by atoms with van der Waals surface area (Å²) < 4.78 is 0. The van der Waals surface area contributed by atoms with Crippen molar-refractivity contribution in [3.63, 3.8) is 0 Å². The Bertz CT molecular complexity index is 393. The van der Waals surface area contributed by atoms with Crippen LogP contribution >= 0.6 is 0 Å². The van der Waals surface area contributed by atoms with E-state index in [2.05, 4.69) is 12.2 Å². The van der Waals surface area contributed by atoms with Gasteiger partial charge in [-0.1, -0.05) is 11.6 Å². The van der Waals surface area contributed by atoms with Crippen LogP contribution in [0.15, 0.2) is 34.4 Å². The molecule has 0 fully saturated rings. The van der Waals surface area contributed by atoms with Crippen LogP contribution < -0.4 is 0 Å². The van der Waals surface area contributed by atoms with E-state index in [1.165, 1.54) is 36.0 Å². The van der Waals surface area contributed by atoms with E-state index in [1.807, 2.05) is 0 Å². The summed E-state index contributed by atoms with van der Waals surface area (Å²) in [5, 5.41) is 0. The minimum Gasteiger partial charge on any atom is -0.294 e. The van der Waals surface area contributed by atoms with Crippen LogP contribution in [0.3, 0.4) is 0 Å². The Morgan fingerprint density at radius 3 is 2.93 bits per heavy atom. The molecule has 0 heterocycles. The number of carbonyl (C=O) groups is 1. The van der Waals surface area contributed by atoms with Crippen molar-refractivity contribution in [1.82, 2.24) is 0 Å². The molecule has 0 N–H and O–H groups in total. The molecule has 0 bridgehead atoms. The molecular formula is C13H14O. The minimum absolute atomic E-state index is 0.372. The van der Waals surface area contributed by atoms with Crippen molar-refractivity contribution in [3.05, 3.63) is 34.4 Å². The third-order valence-corrected chi connectivity index (χ3v) is 3.51. The summed E-state index contributed by atoms with van der Waals surface area (Å²) in [6, 6.07) is 0. The van der Waals surface area contributed by atoms with Gasteiger partial charge in [-0.15, -0.1) is 0 Å². The van der Waals surface area contributed by atoms with Crippen molar-refractivity contribution in [2.75, 3.05) is 0 Å². The molecule has 0 aliphatic heterocycles. The van der Waals surface area contributed by atoms with Gasteiger partial charge >= 0.3 is 0 Å². The Morgan fingerprint density at radius 1 is 1.07 bits per heavy atom. The number of hydrogen-bond donors (Lipinski definition) is 0. The molecular weight excluding hydrogens is 172 g/mol. The van der Waals surface area contributed by atoms with Gasteiger partial charge in [0, 0.05) is 12.0 Å². The number of rotatable bonds is 0. The van der Waals surface area contributed by atoms with E-state index in [9.17, 15) is 4.79 Å². The number of carbonyl (C=O) groups excluding carboxylic acids is 1. The highest BCUT2D eigenvalue weighted by Gasteiger charge is 2.27. The molecule has 1 heteroatoms. The van der Waals surface area contributed by atoms with Gasteiger partial charge in [-0.2, -0.15) is 0 Å². The first-order valence-electron chi connectivity index (χ1n) is 5.50. The predicted octanol–water partition coefficient (Wildman–Crippen LogP) is 3.09. The van der Waals surface area contributed by atoms with Crippen molar-refractivity contribution in [3.8, 4) is 0 Å². The SMILES string of the molecule is O=C1CCC2=C1C=C1CCCC=C1C2. The predicted molar refractivity (Wildman–Crippen MR) is 55.9 cm³/mol. The Balaban J connectivity index is 2.05. The van der Waals surface area contributed by atoms with Crippen molar-refractivity contribution in [2.45, 2.75) is 38.5 Å². The average Bonchev–Trinajstić information content (AvgIpc) is 2.57. The molecule has 0 amide bonds. The highest BCUT2D eigenvalue weighted by molar-refractivity contribution is 6.02. The van der Waals surface area contributed by atoms with Gasteiger partial charge < -0.3 is 0 Å². The quantitative estimate of drug-likeness (QED) is 0.568. The largest absolute Gasteiger partial charge is 0.294 e. The smallest absolute Gasteiger partial charge is 0.163 e. The fourth-order valence-electron chi connectivity index (χ4n) is 2.71.